The first-order chi connectivity index (χ1) is 20.4. The number of nitrogens with zero attached hydrogens (tertiary/aromatic N) is 8. The molecule has 0 spiro atoms. The van der Waals surface area contributed by atoms with E-state index in [1.165, 1.54) is 5.56 Å². The number of aromatic nitrogens is 3. The normalized spacial score (nSPS) is 18.4. The zero-order chi connectivity index (χ0) is 31.1. The lowest BCUT2D eigenvalue weighted by Crippen LogP contribution is -2.62. The number of carbonyl (C=O) groups is 1. The molecule has 1 atom stereocenters. The molecule has 1 aromatic heterocycles. The molecule has 2 aliphatic rings. The largest absolute Gasteiger partial charge is 0.493 e. The summed E-state index contributed by atoms with van der Waals surface area (Å²) in [4.78, 5) is 31.0. The molecule has 3 aromatic rings. The smallest absolute Gasteiger partial charge is 0.229 e. The average molecular weight is 583 g/mol. The van der Waals surface area contributed by atoms with Crippen molar-refractivity contribution in [2.75, 3.05) is 30.0 Å². The SMILES string of the molecule is CCN(C)c1ccc(N(C(C)=O)C2(N3C=CC(C)(C)N=C3)C(C)=Nn3nc(CCOc4ccc(C)cc4C)nc32)c(C)c1. The van der Waals surface area contributed by atoms with Gasteiger partial charge in [0, 0.05) is 44.5 Å². The van der Waals surface area contributed by atoms with Gasteiger partial charge in [-0.3, -0.25) is 14.7 Å². The first-order valence-corrected chi connectivity index (χ1v) is 14.8. The molecule has 0 fully saturated rings. The summed E-state index contributed by atoms with van der Waals surface area (Å²) < 4.78 is 6.08. The zero-order valence-corrected chi connectivity index (χ0v) is 26.7. The fourth-order valence-corrected chi connectivity index (χ4v) is 5.63. The Labute approximate surface area is 254 Å². The standard InChI is InChI=1S/C33H42N8O2/c1-10-38(9)27-12-13-28(23(3)20-27)40(26(6)42)33(39-17-16-32(7,8)34-21-39)25(5)36-41-31(33)35-30(37-41)15-18-43-29-14-11-22(2)19-24(29)4/h11-14,16-17,19-21H,10,15,18H2,1-9H3. The van der Waals surface area contributed by atoms with Gasteiger partial charge in [-0.2, -0.15) is 5.10 Å². The van der Waals surface area contributed by atoms with Crippen LogP contribution in [-0.2, 0) is 16.9 Å². The summed E-state index contributed by atoms with van der Waals surface area (Å²) >= 11 is 0. The quantitative estimate of drug-likeness (QED) is 0.337. The molecule has 43 heavy (non-hydrogen) atoms. The minimum atomic E-state index is -1.22. The molecule has 10 heteroatoms. The maximum absolute atomic E-state index is 13.8. The lowest BCUT2D eigenvalue weighted by atomic mass is 9.96. The predicted molar refractivity (Wildman–Crippen MR) is 172 cm³/mol. The Hall–Kier alpha value is -4.47. The predicted octanol–water partition coefficient (Wildman–Crippen LogP) is 5.36. The van der Waals surface area contributed by atoms with Crippen LogP contribution in [0.15, 0.2) is 58.8 Å². The van der Waals surface area contributed by atoms with Gasteiger partial charge in [0.25, 0.3) is 0 Å². The van der Waals surface area contributed by atoms with Gasteiger partial charge < -0.3 is 14.5 Å². The Morgan fingerprint density at radius 3 is 2.44 bits per heavy atom. The highest BCUT2D eigenvalue weighted by atomic mass is 16.5. The van der Waals surface area contributed by atoms with E-state index in [2.05, 4.69) is 37.9 Å². The van der Waals surface area contributed by atoms with Gasteiger partial charge in [-0.25, -0.2) is 4.98 Å². The topological polar surface area (TPSA) is 91.5 Å². The molecular weight excluding hydrogens is 540 g/mol. The fraction of sp³-hybridized carbons (Fsp3) is 0.424. The number of aliphatic imine (C=N–C) groups is 1. The average Bonchev–Trinajstić information content (AvgIpc) is 3.46. The molecule has 3 heterocycles. The number of rotatable bonds is 9. The van der Waals surface area contributed by atoms with Gasteiger partial charge >= 0.3 is 0 Å². The molecule has 10 nitrogen and oxygen atoms in total. The third-order valence-corrected chi connectivity index (χ3v) is 8.12. The molecule has 0 bridgehead atoms. The first-order valence-electron chi connectivity index (χ1n) is 14.8. The first kappa shape index (κ1) is 30.0. The molecule has 0 N–H and O–H groups in total. The summed E-state index contributed by atoms with van der Waals surface area (Å²) in [5.74, 6) is 1.79. The van der Waals surface area contributed by atoms with Crippen molar-refractivity contribution in [3.8, 4) is 5.75 Å². The Bertz CT molecular complexity index is 1620. The maximum Gasteiger partial charge on any atom is 0.229 e. The van der Waals surface area contributed by atoms with E-state index in [4.69, 9.17) is 24.9 Å². The van der Waals surface area contributed by atoms with Crippen LogP contribution in [0.3, 0.4) is 0 Å². The number of anilines is 2. The summed E-state index contributed by atoms with van der Waals surface area (Å²) in [6.07, 6.45) is 6.23. The van der Waals surface area contributed by atoms with E-state index in [-0.39, 0.29) is 11.4 Å². The highest BCUT2D eigenvalue weighted by Gasteiger charge is 2.56. The van der Waals surface area contributed by atoms with Gasteiger partial charge in [-0.05, 0) is 89.9 Å². The number of amides is 1. The molecule has 0 saturated heterocycles. The number of fused-ring (bicyclic) bond motifs is 1. The Balaban J connectivity index is 1.58. The van der Waals surface area contributed by atoms with Gasteiger partial charge in [0.1, 0.15) is 5.75 Å². The highest BCUT2D eigenvalue weighted by Crippen LogP contribution is 2.43. The van der Waals surface area contributed by atoms with Gasteiger partial charge in [-0.1, -0.05) is 17.7 Å². The summed E-state index contributed by atoms with van der Waals surface area (Å²) in [6, 6.07) is 12.3. The number of carbonyl (C=O) groups excluding carboxylic acids is 1. The summed E-state index contributed by atoms with van der Waals surface area (Å²) in [7, 11) is 2.05. The van der Waals surface area contributed by atoms with Crippen LogP contribution in [0.4, 0.5) is 11.4 Å². The van der Waals surface area contributed by atoms with Crippen LogP contribution in [-0.4, -0.2) is 63.5 Å². The lowest BCUT2D eigenvalue weighted by Gasteiger charge is -2.46. The van der Waals surface area contributed by atoms with Crippen molar-refractivity contribution in [2.24, 2.45) is 10.1 Å². The third kappa shape index (κ3) is 5.42. The summed E-state index contributed by atoms with van der Waals surface area (Å²) in [5.41, 5.74) is 4.13. The molecule has 2 aliphatic heterocycles. The van der Waals surface area contributed by atoms with Gasteiger partial charge in [0.15, 0.2) is 5.82 Å². The third-order valence-electron chi connectivity index (χ3n) is 8.12. The number of benzene rings is 2. The van der Waals surface area contributed by atoms with Gasteiger partial charge in [-0.15, -0.1) is 9.89 Å². The van der Waals surface area contributed by atoms with Crippen LogP contribution >= 0.6 is 0 Å². The van der Waals surface area contributed by atoms with Crippen LogP contribution in [0.25, 0.3) is 0 Å². The van der Waals surface area contributed by atoms with Crippen molar-refractivity contribution in [3.63, 3.8) is 0 Å². The molecule has 5 rings (SSSR count). The zero-order valence-electron chi connectivity index (χ0n) is 26.7. The van der Waals surface area contributed by atoms with Crippen molar-refractivity contribution in [3.05, 3.63) is 77.0 Å². The fourth-order valence-electron chi connectivity index (χ4n) is 5.63. The lowest BCUT2D eigenvalue weighted by molar-refractivity contribution is -0.118. The van der Waals surface area contributed by atoms with E-state index in [0.717, 1.165) is 34.8 Å². The molecule has 0 radical (unpaired) electrons. The second-order valence-electron chi connectivity index (χ2n) is 11.9. The second-order valence-corrected chi connectivity index (χ2v) is 11.9. The number of ether oxygens (including phenoxy) is 1. The van der Waals surface area contributed by atoms with Crippen LogP contribution < -0.4 is 14.5 Å². The van der Waals surface area contributed by atoms with Crippen LogP contribution in [0, 0.1) is 20.8 Å². The number of hydrogen-bond acceptors (Lipinski definition) is 8. The second kappa shape index (κ2) is 11.3. The number of hydrogen-bond donors (Lipinski definition) is 0. The van der Waals surface area contributed by atoms with Crippen LogP contribution in [0.1, 0.15) is 63.0 Å². The van der Waals surface area contributed by atoms with E-state index in [1.807, 2.05) is 76.1 Å². The molecule has 1 unspecified atom stereocenters. The van der Waals surface area contributed by atoms with Crippen molar-refractivity contribution in [2.45, 2.75) is 73.0 Å². The molecular formula is C33H42N8O2. The molecule has 226 valence electrons. The Kier molecular flexibility index (Phi) is 7.89. The van der Waals surface area contributed by atoms with Crippen molar-refractivity contribution >= 4 is 29.3 Å². The van der Waals surface area contributed by atoms with E-state index in [0.29, 0.717) is 30.4 Å². The Morgan fingerprint density at radius 1 is 1.05 bits per heavy atom. The van der Waals surface area contributed by atoms with E-state index >= 15 is 0 Å². The number of aryl methyl sites for hydroxylation is 3. The minimum Gasteiger partial charge on any atom is -0.493 e. The van der Waals surface area contributed by atoms with Crippen molar-refractivity contribution in [1.29, 1.82) is 0 Å². The summed E-state index contributed by atoms with van der Waals surface area (Å²) in [5, 5.41) is 9.56. The maximum atomic E-state index is 13.8. The van der Waals surface area contributed by atoms with Crippen molar-refractivity contribution in [1.82, 2.24) is 19.8 Å². The van der Waals surface area contributed by atoms with E-state index in [1.54, 1.807) is 23.0 Å². The van der Waals surface area contributed by atoms with Gasteiger partial charge in [0.05, 0.1) is 24.2 Å². The molecule has 2 aromatic carbocycles. The summed E-state index contributed by atoms with van der Waals surface area (Å²) in [6.45, 7) is 17.1. The molecule has 0 saturated carbocycles. The minimum absolute atomic E-state index is 0.156. The van der Waals surface area contributed by atoms with Crippen molar-refractivity contribution < 1.29 is 9.53 Å². The highest BCUT2D eigenvalue weighted by molar-refractivity contribution is 6.07. The molecule has 1 amide bonds. The van der Waals surface area contributed by atoms with E-state index in [9.17, 15) is 4.79 Å². The van der Waals surface area contributed by atoms with Crippen LogP contribution in [0.5, 0.6) is 5.75 Å². The van der Waals surface area contributed by atoms with Gasteiger partial charge in [0.2, 0.25) is 17.4 Å². The molecule has 0 aliphatic carbocycles. The van der Waals surface area contributed by atoms with Crippen LogP contribution in [0.2, 0.25) is 0 Å². The van der Waals surface area contributed by atoms with E-state index < -0.39 is 5.66 Å². The Morgan fingerprint density at radius 2 is 1.81 bits per heavy atom. The monoisotopic (exact) mass is 582 g/mol.